The summed E-state index contributed by atoms with van der Waals surface area (Å²) in [5.41, 5.74) is 6.06. The molecule has 0 radical (unpaired) electrons. The number of nitrogens with zero attached hydrogens (tertiary/aromatic N) is 3. The van der Waals surface area contributed by atoms with E-state index in [1.807, 2.05) is 0 Å². The van der Waals surface area contributed by atoms with Gasteiger partial charge in [0.2, 0.25) is 5.82 Å². The van der Waals surface area contributed by atoms with Gasteiger partial charge in [-0.15, -0.1) is 0 Å². The highest BCUT2D eigenvalue weighted by atomic mass is 16.6. The van der Waals surface area contributed by atoms with E-state index < -0.39 is 4.92 Å². The van der Waals surface area contributed by atoms with E-state index in [-0.39, 0.29) is 11.5 Å². The van der Waals surface area contributed by atoms with E-state index in [1.165, 1.54) is 25.7 Å². The Balaban J connectivity index is 2.44. The number of nitrogens with two attached hydrogens (primary N) is 1. The Kier molecular flexibility index (Phi) is 5.61. The molecule has 0 fully saturated rings. The van der Waals surface area contributed by atoms with Crippen LogP contribution < -0.4 is 5.73 Å². The molecule has 1 heterocycles. The minimum absolute atomic E-state index is 0.0546. The average Bonchev–Trinajstić information content (AvgIpc) is 2.59. The zero-order valence-corrected chi connectivity index (χ0v) is 11.2. The molecule has 0 atom stereocenters. The highest BCUT2D eigenvalue weighted by Gasteiger charge is 2.22. The first-order chi connectivity index (χ1) is 8.57. The molecule has 2 N–H and O–H groups in total. The van der Waals surface area contributed by atoms with Crippen molar-refractivity contribution in [1.29, 1.82) is 0 Å². The molecule has 0 aromatic carbocycles. The van der Waals surface area contributed by atoms with E-state index >= 15 is 0 Å². The Labute approximate surface area is 107 Å². The van der Waals surface area contributed by atoms with Crippen LogP contribution >= 0.6 is 0 Å². The number of nitrogen functional groups attached to an aromatic ring is 1. The summed E-state index contributed by atoms with van der Waals surface area (Å²) in [6, 6.07) is 0. The van der Waals surface area contributed by atoms with Crippen molar-refractivity contribution < 1.29 is 4.92 Å². The first kappa shape index (κ1) is 14.5. The number of aromatic nitrogens is 2. The molecule has 1 aromatic rings. The molecule has 0 saturated heterocycles. The summed E-state index contributed by atoms with van der Waals surface area (Å²) in [6.07, 6.45) is 7.05. The molecule has 0 bridgehead atoms. The predicted octanol–water partition coefficient (Wildman–Crippen LogP) is 3.04. The fraction of sp³-hybridized carbons (Fsp3) is 0.750. The van der Waals surface area contributed by atoms with Crippen molar-refractivity contribution in [1.82, 2.24) is 9.78 Å². The molecule has 1 aromatic heterocycles. The molecule has 0 saturated carbocycles. The molecule has 1 rings (SSSR count). The molecular formula is C12H22N4O2. The summed E-state index contributed by atoms with van der Waals surface area (Å²) >= 11 is 0. The second-order valence-corrected chi connectivity index (χ2v) is 4.57. The molecule has 102 valence electrons. The molecular weight excluding hydrogens is 232 g/mol. The van der Waals surface area contributed by atoms with Crippen molar-refractivity contribution in [3.8, 4) is 0 Å². The van der Waals surface area contributed by atoms with E-state index in [9.17, 15) is 10.1 Å². The molecule has 0 aliphatic rings. The molecule has 18 heavy (non-hydrogen) atoms. The maximum absolute atomic E-state index is 10.8. The van der Waals surface area contributed by atoms with E-state index in [1.54, 1.807) is 11.6 Å². The summed E-state index contributed by atoms with van der Waals surface area (Å²) in [6.45, 7) is 4.46. The molecule has 0 amide bonds. The lowest BCUT2D eigenvalue weighted by atomic mass is 10.1. The quantitative estimate of drug-likeness (QED) is 0.439. The second-order valence-electron chi connectivity index (χ2n) is 4.57. The van der Waals surface area contributed by atoms with Crippen LogP contribution in [0.5, 0.6) is 0 Å². The van der Waals surface area contributed by atoms with E-state index in [2.05, 4.69) is 12.0 Å². The second kappa shape index (κ2) is 6.98. The Hall–Kier alpha value is -1.59. The lowest BCUT2D eigenvalue weighted by Gasteiger charge is -2.03. The van der Waals surface area contributed by atoms with Gasteiger partial charge in [0, 0.05) is 6.54 Å². The number of nitro groups is 1. The number of hydrogen-bond acceptors (Lipinski definition) is 4. The van der Waals surface area contributed by atoms with Gasteiger partial charge in [0.05, 0.1) is 4.92 Å². The van der Waals surface area contributed by atoms with Crippen molar-refractivity contribution in [2.45, 2.75) is 58.9 Å². The topological polar surface area (TPSA) is 87.0 Å². The van der Waals surface area contributed by atoms with Crippen molar-refractivity contribution >= 4 is 11.5 Å². The molecule has 0 spiro atoms. The summed E-state index contributed by atoms with van der Waals surface area (Å²) in [5.74, 6) is 0.172. The number of hydrogen-bond donors (Lipinski definition) is 1. The van der Waals surface area contributed by atoms with Crippen LogP contribution in [0.15, 0.2) is 0 Å². The van der Waals surface area contributed by atoms with Crippen molar-refractivity contribution in [2.75, 3.05) is 5.73 Å². The fourth-order valence-electron chi connectivity index (χ4n) is 2.03. The average molecular weight is 254 g/mol. The lowest BCUT2D eigenvalue weighted by Crippen LogP contribution is -2.05. The van der Waals surface area contributed by atoms with Crippen LogP contribution in [0.3, 0.4) is 0 Å². The van der Waals surface area contributed by atoms with Gasteiger partial charge in [-0.05, 0) is 13.3 Å². The maximum Gasteiger partial charge on any atom is 0.333 e. The van der Waals surface area contributed by atoms with Crippen molar-refractivity contribution in [2.24, 2.45) is 0 Å². The van der Waals surface area contributed by atoms with Gasteiger partial charge >= 0.3 is 5.69 Å². The Bertz CT molecular complexity index is 401. The summed E-state index contributed by atoms with van der Waals surface area (Å²) < 4.78 is 1.55. The minimum atomic E-state index is -0.463. The molecule has 0 unspecified atom stereocenters. The van der Waals surface area contributed by atoms with Crippen LogP contribution in [0.1, 0.15) is 51.1 Å². The number of aryl methyl sites for hydroxylation is 2. The van der Waals surface area contributed by atoms with Crippen molar-refractivity contribution in [3.63, 3.8) is 0 Å². The highest BCUT2D eigenvalue weighted by molar-refractivity contribution is 5.55. The first-order valence-electron chi connectivity index (χ1n) is 6.55. The molecule has 6 nitrogen and oxygen atoms in total. The standard InChI is InChI=1S/C12H22N4O2/c1-3-4-5-6-7-8-9-15-12(13)11(16(17)18)10(2)14-15/h3-9,13H2,1-2H3. The van der Waals surface area contributed by atoms with Crippen LogP contribution in [-0.2, 0) is 6.54 Å². The summed E-state index contributed by atoms with van der Waals surface area (Å²) in [5, 5.41) is 14.9. The van der Waals surface area contributed by atoms with Gasteiger partial charge in [-0.3, -0.25) is 10.1 Å². The molecule has 0 aliphatic heterocycles. The van der Waals surface area contributed by atoms with Gasteiger partial charge in [-0.2, -0.15) is 5.10 Å². The number of anilines is 1. The van der Waals surface area contributed by atoms with E-state index in [0.717, 1.165) is 12.8 Å². The highest BCUT2D eigenvalue weighted by Crippen LogP contribution is 2.25. The molecule has 0 aliphatic carbocycles. The van der Waals surface area contributed by atoms with Gasteiger partial charge < -0.3 is 5.73 Å². The van der Waals surface area contributed by atoms with Crippen LogP contribution in [0.4, 0.5) is 11.5 Å². The van der Waals surface area contributed by atoms with E-state index in [4.69, 9.17) is 5.73 Å². The van der Waals surface area contributed by atoms with Gasteiger partial charge in [-0.1, -0.05) is 39.0 Å². The number of unbranched alkanes of at least 4 members (excludes halogenated alkanes) is 5. The summed E-state index contributed by atoms with van der Waals surface area (Å²) in [4.78, 5) is 10.3. The summed E-state index contributed by atoms with van der Waals surface area (Å²) in [7, 11) is 0. The molecule has 6 heteroatoms. The Morgan fingerprint density at radius 3 is 2.44 bits per heavy atom. The zero-order valence-electron chi connectivity index (χ0n) is 11.2. The largest absolute Gasteiger partial charge is 0.378 e. The van der Waals surface area contributed by atoms with Crippen LogP contribution in [-0.4, -0.2) is 14.7 Å². The third-order valence-corrected chi connectivity index (χ3v) is 3.04. The maximum atomic E-state index is 10.8. The smallest absolute Gasteiger partial charge is 0.333 e. The van der Waals surface area contributed by atoms with Gasteiger partial charge in [0.1, 0.15) is 5.69 Å². The number of rotatable bonds is 8. The zero-order chi connectivity index (χ0) is 13.5. The van der Waals surface area contributed by atoms with Gasteiger partial charge in [0.25, 0.3) is 0 Å². The predicted molar refractivity (Wildman–Crippen MR) is 71.4 cm³/mol. The Morgan fingerprint density at radius 2 is 1.89 bits per heavy atom. The van der Waals surface area contributed by atoms with Crippen LogP contribution in [0, 0.1) is 17.0 Å². The third-order valence-electron chi connectivity index (χ3n) is 3.04. The lowest BCUT2D eigenvalue weighted by molar-refractivity contribution is -0.384. The normalized spacial score (nSPS) is 10.8. The SMILES string of the molecule is CCCCCCCCn1nc(C)c([N+](=O)[O-])c1N. The monoisotopic (exact) mass is 254 g/mol. The van der Waals surface area contributed by atoms with E-state index in [0.29, 0.717) is 12.2 Å². The Morgan fingerprint density at radius 1 is 1.28 bits per heavy atom. The minimum Gasteiger partial charge on any atom is -0.378 e. The van der Waals surface area contributed by atoms with Gasteiger partial charge in [-0.25, -0.2) is 4.68 Å². The van der Waals surface area contributed by atoms with Crippen LogP contribution in [0.2, 0.25) is 0 Å². The third kappa shape index (κ3) is 3.72. The van der Waals surface area contributed by atoms with Crippen molar-refractivity contribution in [3.05, 3.63) is 15.8 Å². The van der Waals surface area contributed by atoms with Crippen LogP contribution in [0.25, 0.3) is 0 Å². The fourth-order valence-corrected chi connectivity index (χ4v) is 2.03. The van der Waals surface area contributed by atoms with Gasteiger partial charge in [0.15, 0.2) is 0 Å². The first-order valence-corrected chi connectivity index (χ1v) is 6.55.